The van der Waals surface area contributed by atoms with E-state index in [4.69, 9.17) is 10.5 Å². The molecule has 9 heteroatoms. The van der Waals surface area contributed by atoms with Crippen LogP contribution in [-0.2, 0) is 11.3 Å². The molecule has 1 aliphatic carbocycles. The van der Waals surface area contributed by atoms with Crippen molar-refractivity contribution in [3.05, 3.63) is 34.2 Å². The van der Waals surface area contributed by atoms with Crippen molar-refractivity contribution in [2.45, 2.75) is 37.3 Å². The molecule has 0 amide bonds. The fourth-order valence-electron chi connectivity index (χ4n) is 3.23. The van der Waals surface area contributed by atoms with E-state index in [-0.39, 0.29) is 24.8 Å². The number of hydrogen-bond donors (Lipinski definition) is 1. The zero-order valence-electron chi connectivity index (χ0n) is 14.0. The largest absolute Gasteiger partial charge is 0.377 e. The van der Waals surface area contributed by atoms with Gasteiger partial charge in [-0.05, 0) is 12.8 Å². The van der Waals surface area contributed by atoms with Gasteiger partial charge in [0.1, 0.15) is 12.4 Å². The Morgan fingerprint density at radius 2 is 2.00 bits per heavy atom. The van der Waals surface area contributed by atoms with Crippen LogP contribution in [0, 0.1) is 0 Å². The zero-order chi connectivity index (χ0) is 15.8. The SMILES string of the molecule is COCc1nc(C2CC(N)C2)cc(N2CC(c3nccs3)C2)n1.Cl.Cl. The van der Waals surface area contributed by atoms with Gasteiger partial charge in [0.05, 0.1) is 5.01 Å². The minimum Gasteiger partial charge on any atom is -0.377 e. The van der Waals surface area contributed by atoms with E-state index in [0.29, 0.717) is 24.5 Å². The van der Waals surface area contributed by atoms with Gasteiger partial charge in [-0.25, -0.2) is 15.0 Å². The van der Waals surface area contributed by atoms with Crippen molar-refractivity contribution < 1.29 is 4.74 Å². The fraction of sp³-hybridized carbons (Fsp3) is 0.562. The van der Waals surface area contributed by atoms with Crippen molar-refractivity contribution >= 4 is 42.0 Å². The number of aromatic nitrogens is 3. The molecule has 2 aromatic rings. The van der Waals surface area contributed by atoms with Crippen LogP contribution >= 0.6 is 36.2 Å². The van der Waals surface area contributed by atoms with Crippen LogP contribution in [0.25, 0.3) is 0 Å². The summed E-state index contributed by atoms with van der Waals surface area (Å²) in [7, 11) is 1.68. The number of methoxy groups -OCH3 is 1. The molecule has 3 heterocycles. The number of rotatable bonds is 5. The maximum atomic E-state index is 5.93. The van der Waals surface area contributed by atoms with Crippen LogP contribution in [-0.4, -0.2) is 41.2 Å². The number of thiazole rings is 1. The second-order valence-corrected chi connectivity index (χ2v) is 7.33. The zero-order valence-corrected chi connectivity index (χ0v) is 16.4. The lowest BCUT2D eigenvalue weighted by atomic mass is 9.78. The lowest BCUT2D eigenvalue weighted by Gasteiger charge is -2.40. The molecule has 2 aliphatic rings. The summed E-state index contributed by atoms with van der Waals surface area (Å²) in [5.74, 6) is 2.77. The van der Waals surface area contributed by atoms with Crippen LogP contribution in [0.4, 0.5) is 5.82 Å². The van der Waals surface area contributed by atoms with E-state index in [9.17, 15) is 0 Å². The smallest absolute Gasteiger partial charge is 0.156 e. The first-order valence-electron chi connectivity index (χ1n) is 7.99. The van der Waals surface area contributed by atoms with Crippen LogP contribution < -0.4 is 10.6 Å². The highest BCUT2D eigenvalue weighted by Crippen LogP contribution is 2.37. The fourth-order valence-corrected chi connectivity index (χ4v) is 3.95. The maximum absolute atomic E-state index is 5.93. The molecular weight excluding hydrogens is 381 g/mol. The molecule has 1 aliphatic heterocycles. The normalized spacial score (nSPS) is 22.4. The van der Waals surface area contributed by atoms with Crippen LogP contribution in [0.3, 0.4) is 0 Å². The molecule has 2 fully saturated rings. The average molecular weight is 404 g/mol. The molecule has 0 radical (unpaired) electrons. The second kappa shape index (κ2) is 8.60. The number of hydrogen-bond acceptors (Lipinski definition) is 7. The molecule has 0 aromatic carbocycles. The maximum Gasteiger partial charge on any atom is 0.156 e. The van der Waals surface area contributed by atoms with E-state index < -0.39 is 0 Å². The van der Waals surface area contributed by atoms with Gasteiger partial charge in [0.2, 0.25) is 0 Å². The van der Waals surface area contributed by atoms with E-state index in [1.54, 1.807) is 18.4 Å². The number of halogens is 2. The predicted octanol–water partition coefficient (Wildman–Crippen LogP) is 2.73. The standard InChI is InChI=1S/C16H21N5OS.2ClH/c1-22-9-14-19-13(10-4-12(17)5-10)6-15(20-14)21-7-11(8-21)16-18-2-3-23-16;;/h2-3,6,10-12H,4-5,7-9,17H2,1H3;2*1H. The Bertz CT molecular complexity index is 675. The van der Waals surface area contributed by atoms with Crippen LogP contribution in [0.15, 0.2) is 17.6 Å². The third-order valence-electron chi connectivity index (χ3n) is 4.65. The Kier molecular flexibility index (Phi) is 6.99. The minimum atomic E-state index is 0. The van der Waals surface area contributed by atoms with Gasteiger partial charge in [-0.1, -0.05) is 0 Å². The van der Waals surface area contributed by atoms with E-state index in [0.717, 1.165) is 43.3 Å². The van der Waals surface area contributed by atoms with Crippen molar-refractivity contribution in [1.82, 2.24) is 15.0 Å². The van der Waals surface area contributed by atoms with Crippen molar-refractivity contribution in [1.29, 1.82) is 0 Å². The highest BCUT2D eigenvalue weighted by Gasteiger charge is 2.33. The van der Waals surface area contributed by atoms with Crippen LogP contribution in [0.1, 0.15) is 41.2 Å². The molecule has 2 aromatic heterocycles. The third-order valence-corrected chi connectivity index (χ3v) is 5.59. The first-order valence-corrected chi connectivity index (χ1v) is 8.87. The van der Waals surface area contributed by atoms with Gasteiger partial charge in [-0.15, -0.1) is 36.2 Å². The monoisotopic (exact) mass is 403 g/mol. The van der Waals surface area contributed by atoms with E-state index in [1.807, 2.05) is 11.6 Å². The van der Waals surface area contributed by atoms with Gasteiger partial charge in [0.25, 0.3) is 0 Å². The molecule has 6 nitrogen and oxygen atoms in total. The van der Waals surface area contributed by atoms with Crippen LogP contribution in [0.2, 0.25) is 0 Å². The summed E-state index contributed by atoms with van der Waals surface area (Å²) < 4.78 is 5.23. The predicted molar refractivity (Wildman–Crippen MR) is 104 cm³/mol. The van der Waals surface area contributed by atoms with Crippen molar-refractivity contribution in [2.24, 2.45) is 5.73 Å². The van der Waals surface area contributed by atoms with Crippen molar-refractivity contribution in [2.75, 3.05) is 25.1 Å². The molecule has 0 atom stereocenters. The van der Waals surface area contributed by atoms with E-state index >= 15 is 0 Å². The Morgan fingerprint density at radius 3 is 2.60 bits per heavy atom. The molecule has 25 heavy (non-hydrogen) atoms. The molecule has 0 spiro atoms. The molecule has 0 unspecified atom stereocenters. The lowest BCUT2D eigenvalue weighted by Crippen LogP contribution is -2.45. The number of nitrogens with two attached hydrogens (primary N) is 1. The molecule has 4 rings (SSSR count). The Morgan fingerprint density at radius 1 is 1.24 bits per heavy atom. The van der Waals surface area contributed by atoms with E-state index in [1.165, 1.54) is 5.01 Å². The summed E-state index contributed by atoms with van der Waals surface area (Å²) in [5.41, 5.74) is 7.04. The highest BCUT2D eigenvalue weighted by molar-refractivity contribution is 7.09. The van der Waals surface area contributed by atoms with E-state index in [2.05, 4.69) is 25.9 Å². The van der Waals surface area contributed by atoms with Gasteiger partial charge in [0.15, 0.2) is 5.82 Å². The number of ether oxygens (including phenoxy) is 1. The first kappa shape index (κ1) is 20.3. The summed E-state index contributed by atoms with van der Waals surface area (Å²) in [6.45, 7) is 2.39. The number of nitrogens with zero attached hydrogens (tertiary/aromatic N) is 4. The Balaban J connectivity index is 0.00000113. The van der Waals surface area contributed by atoms with Crippen molar-refractivity contribution in [3.8, 4) is 0 Å². The van der Waals surface area contributed by atoms with Gasteiger partial charge in [-0.2, -0.15) is 0 Å². The summed E-state index contributed by atoms with van der Waals surface area (Å²) >= 11 is 1.73. The molecule has 0 bridgehead atoms. The van der Waals surface area contributed by atoms with Gasteiger partial charge >= 0.3 is 0 Å². The Hall–Kier alpha value is -0.990. The third kappa shape index (κ3) is 4.23. The Labute approximate surface area is 164 Å². The summed E-state index contributed by atoms with van der Waals surface area (Å²) in [4.78, 5) is 16.0. The summed E-state index contributed by atoms with van der Waals surface area (Å²) in [6.07, 6.45) is 3.91. The molecule has 138 valence electrons. The van der Waals surface area contributed by atoms with Crippen LogP contribution in [0.5, 0.6) is 0 Å². The second-order valence-electron chi connectivity index (χ2n) is 6.40. The topological polar surface area (TPSA) is 77.2 Å². The highest BCUT2D eigenvalue weighted by atomic mass is 35.5. The molecule has 1 saturated heterocycles. The van der Waals surface area contributed by atoms with Crippen molar-refractivity contribution in [3.63, 3.8) is 0 Å². The van der Waals surface area contributed by atoms with Gasteiger partial charge in [0, 0.05) is 61.4 Å². The lowest BCUT2D eigenvalue weighted by molar-refractivity contribution is 0.177. The van der Waals surface area contributed by atoms with Gasteiger partial charge in [-0.3, -0.25) is 0 Å². The first-order chi connectivity index (χ1) is 11.2. The summed E-state index contributed by atoms with van der Waals surface area (Å²) in [6, 6.07) is 2.45. The summed E-state index contributed by atoms with van der Waals surface area (Å²) in [5, 5.41) is 3.26. The molecule has 2 N–H and O–H groups in total. The molecule has 1 saturated carbocycles. The van der Waals surface area contributed by atoms with Gasteiger partial charge < -0.3 is 15.4 Å². The quantitative estimate of drug-likeness (QED) is 0.826. The average Bonchev–Trinajstić information content (AvgIpc) is 2.96. The number of anilines is 1. The minimum absolute atomic E-state index is 0. The molecular formula is C16H23Cl2N5OS.